The molecule has 8 heteroatoms. The van der Waals surface area contributed by atoms with E-state index >= 15 is 0 Å². The van der Waals surface area contributed by atoms with Gasteiger partial charge in [0.1, 0.15) is 0 Å². The number of hydrogen-bond donors (Lipinski definition) is 2. The minimum Gasteiger partial charge on any atom is -0.504 e. The molecule has 1 atom stereocenters. The van der Waals surface area contributed by atoms with Gasteiger partial charge in [0, 0.05) is 6.04 Å². The fraction of sp³-hybridized carbons (Fsp3) is 0.375. The normalized spacial score (nSPS) is 16.0. The standard InChI is InChI=1S/C16H16F3N3O2/c1-9(10-6-7-10)20-15(24)14-13(23)8-22(21-14)12-5-3-2-4-11(12)16(17,18)19/h2-5,8-10,23H,6-7H2,1H3,(H,20,24). The summed E-state index contributed by atoms with van der Waals surface area (Å²) in [6.07, 6.45) is -1.51. The lowest BCUT2D eigenvalue weighted by atomic mass is 10.2. The number of para-hydroxylation sites is 1. The molecule has 1 amide bonds. The predicted octanol–water partition coefficient (Wildman–Crippen LogP) is 3.13. The maximum Gasteiger partial charge on any atom is 0.418 e. The van der Waals surface area contributed by atoms with E-state index in [9.17, 15) is 23.1 Å². The number of alkyl halides is 3. The van der Waals surface area contributed by atoms with Crippen molar-refractivity contribution >= 4 is 5.91 Å². The summed E-state index contributed by atoms with van der Waals surface area (Å²) in [6, 6.07) is 4.77. The van der Waals surface area contributed by atoms with Crippen LogP contribution in [0.5, 0.6) is 5.75 Å². The fourth-order valence-corrected chi connectivity index (χ4v) is 2.55. The Hall–Kier alpha value is -2.51. The second-order valence-electron chi connectivity index (χ2n) is 5.92. The van der Waals surface area contributed by atoms with Crippen molar-refractivity contribution in [1.29, 1.82) is 0 Å². The summed E-state index contributed by atoms with van der Waals surface area (Å²) in [5.74, 6) is -0.660. The van der Waals surface area contributed by atoms with E-state index in [1.807, 2.05) is 6.92 Å². The molecule has 0 aliphatic heterocycles. The SMILES string of the molecule is CC(NC(=O)c1nn(-c2ccccc2C(F)(F)F)cc1O)C1CC1. The number of halogens is 3. The third kappa shape index (κ3) is 3.22. The van der Waals surface area contributed by atoms with Gasteiger partial charge in [0.2, 0.25) is 0 Å². The molecule has 1 saturated carbocycles. The van der Waals surface area contributed by atoms with Gasteiger partial charge in [-0.15, -0.1) is 0 Å². The van der Waals surface area contributed by atoms with E-state index in [0.717, 1.165) is 29.8 Å². The Morgan fingerprint density at radius 3 is 2.67 bits per heavy atom. The zero-order chi connectivity index (χ0) is 17.5. The number of rotatable bonds is 4. The third-order valence-corrected chi connectivity index (χ3v) is 4.05. The topological polar surface area (TPSA) is 67.2 Å². The van der Waals surface area contributed by atoms with E-state index in [4.69, 9.17) is 0 Å². The van der Waals surface area contributed by atoms with Gasteiger partial charge >= 0.3 is 6.18 Å². The highest BCUT2D eigenvalue weighted by molar-refractivity contribution is 5.95. The van der Waals surface area contributed by atoms with E-state index in [1.54, 1.807) is 0 Å². The molecule has 2 aromatic rings. The van der Waals surface area contributed by atoms with Gasteiger partial charge in [-0.2, -0.15) is 18.3 Å². The Labute approximate surface area is 136 Å². The average molecular weight is 339 g/mol. The molecule has 1 heterocycles. The summed E-state index contributed by atoms with van der Waals surface area (Å²) in [6.45, 7) is 1.85. The van der Waals surface area contributed by atoms with Crippen LogP contribution in [0.4, 0.5) is 13.2 Å². The average Bonchev–Trinajstić information content (AvgIpc) is 3.29. The largest absolute Gasteiger partial charge is 0.504 e. The van der Waals surface area contributed by atoms with E-state index in [-0.39, 0.29) is 17.4 Å². The smallest absolute Gasteiger partial charge is 0.418 e. The summed E-state index contributed by atoms with van der Waals surface area (Å²) < 4.78 is 40.1. The summed E-state index contributed by atoms with van der Waals surface area (Å²) in [5.41, 5.74) is -1.44. The van der Waals surface area contributed by atoms with Crippen LogP contribution in [0.3, 0.4) is 0 Å². The second-order valence-corrected chi connectivity index (χ2v) is 5.92. The second kappa shape index (κ2) is 5.85. The molecule has 1 aromatic carbocycles. The number of nitrogens with one attached hydrogen (secondary N) is 1. The molecule has 1 fully saturated rings. The molecular weight excluding hydrogens is 323 g/mol. The molecule has 1 aliphatic carbocycles. The van der Waals surface area contributed by atoms with Crippen LogP contribution < -0.4 is 5.32 Å². The summed E-state index contributed by atoms with van der Waals surface area (Å²) >= 11 is 0. The number of amides is 1. The van der Waals surface area contributed by atoms with Gasteiger partial charge in [-0.25, -0.2) is 4.68 Å². The van der Waals surface area contributed by atoms with Crippen LogP contribution in [-0.2, 0) is 6.18 Å². The monoisotopic (exact) mass is 339 g/mol. The first-order valence-corrected chi connectivity index (χ1v) is 7.53. The van der Waals surface area contributed by atoms with Crippen molar-refractivity contribution in [2.45, 2.75) is 32.0 Å². The third-order valence-electron chi connectivity index (χ3n) is 4.05. The van der Waals surface area contributed by atoms with Gasteiger partial charge in [0.05, 0.1) is 17.4 Å². The quantitative estimate of drug-likeness (QED) is 0.899. The number of benzene rings is 1. The molecule has 128 valence electrons. The molecule has 0 saturated heterocycles. The first-order valence-electron chi connectivity index (χ1n) is 7.53. The van der Waals surface area contributed by atoms with Crippen molar-refractivity contribution in [2.75, 3.05) is 0 Å². The van der Waals surface area contributed by atoms with Crippen molar-refractivity contribution in [2.24, 2.45) is 5.92 Å². The van der Waals surface area contributed by atoms with E-state index < -0.39 is 23.4 Å². The van der Waals surface area contributed by atoms with Gasteiger partial charge in [-0.05, 0) is 37.8 Å². The predicted molar refractivity (Wildman–Crippen MR) is 79.9 cm³/mol. The highest BCUT2D eigenvalue weighted by Crippen LogP contribution is 2.34. The van der Waals surface area contributed by atoms with Crippen LogP contribution >= 0.6 is 0 Å². The number of aromatic nitrogens is 2. The lowest BCUT2D eigenvalue weighted by Gasteiger charge is -2.12. The first kappa shape index (κ1) is 16.4. The lowest BCUT2D eigenvalue weighted by Crippen LogP contribution is -2.34. The summed E-state index contributed by atoms with van der Waals surface area (Å²) in [7, 11) is 0. The molecule has 1 aliphatic rings. The van der Waals surface area contributed by atoms with E-state index in [2.05, 4.69) is 10.4 Å². The van der Waals surface area contributed by atoms with Gasteiger partial charge in [-0.3, -0.25) is 4.79 Å². The molecule has 1 unspecified atom stereocenters. The van der Waals surface area contributed by atoms with Crippen molar-refractivity contribution in [3.05, 3.63) is 41.7 Å². The molecule has 0 spiro atoms. The highest BCUT2D eigenvalue weighted by atomic mass is 19.4. The minimum atomic E-state index is -4.57. The Bertz CT molecular complexity index is 766. The Balaban J connectivity index is 1.90. The van der Waals surface area contributed by atoms with Gasteiger partial charge in [0.25, 0.3) is 5.91 Å². The van der Waals surface area contributed by atoms with Crippen molar-refractivity contribution in [1.82, 2.24) is 15.1 Å². The van der Waals surface area contributed by atoms with Crippen LogP contribution in [0.1, 0.15) is 35.8 Å². The molecular formula is C16H16F3N3O2. The fourth-order valence-electron chi connectivity index (χ4n) is 2.55. The number of aromatic hydroxyl groups is 1. The minimum absolute atomic E-state index is 0.0653. The molecule has 5 nitrogen and oxygen atoms in total. The maximum absolute atomic E-state index is 13.1. The van der Waals surface area contributed by atoms with Crippen molar-refractivity contribution in [3.8, 4) is 11.4 Å². The molecule has 0 radical (unpaired) electrons. The molecule has 2 N–H and O–H groups in total. The molecule has 3 rings (SSSR count). The summed E-state index contributed by atoms with van der Waals surface area (Å²) in [4.78, 5) is 12.2. The highest BCUT2D eigenvalue weighted by Gasteiger charge is 2.34. The first-order chi connectivity index (χ1) is 11.3. The summed E-state index contributed by atoms with van der Waals surface area (Å²) in [5, 5.41) is 16.5. The number of nitrogens with zero attached hydrogens (tertiary/aromatic N) is 2. The molecule has 0 bridgehead atoms. The van der Waals surface area contributed by atoms with Crippen molar-refractivity contribution < 1.29 is 23.1 Å². The van der Waals surface area contributed by atoms with Gasteiger partial charge in [-0.1, -0.05) is 12.1 Å². The Kier molecular flexibility index (Phi) is 3.98. The van der Waals surface area contributed by atoms with Crippen molar-refractivity contribution in [3.63, 3.8) is 0 Å². The van der Waals surface area contributed by atoms with E-state index in [0.29, 0.717) is 5.92 Å². The van der Waals surface area contributed by atoms with Crippen LogP contribution in [0.25, 0.3) is 5.69 Å². The molecule has 1 aromatic heterocycles. The van der Waals surface area contributed by atoms with Crippen LogP contribution in [0, 0.1) is 5.92 Å². The van der Waals surface area contributed by atoms with Gasteiger partial charge in [0.15, 0.2) is 11.4 Å². The Morgan fingerprint density at radius 2 is 2.04 bits per heavy atom. The lowest BCUT2D eigenvalue weighted by molar-refractivity contribution is -0.137. The Morgan fingerprint density at radius 1 is 1.38 bits per heavy atom. The zero-order valence-electron chi connectivity index (χ0n) is 12.8. The molecule has 24 heavy (non-hydrogen) atoms. The zero-order valence-corrected chi connectivity index (χ0v) is 12.8. The van der Waals surface area contributed by atoms with Crippen LogP contribution in [-0.4, -0.2) is 26.8 Å². The van der Waals surface area contributed by atoms with Crippen LogP contribution in [0.2, 0.25) is 0 Å². The number of carbonyl (C=O) groups excluding carboxylic acids is 1. The number of carbonyl (C=O) groups is 1. The van der Waals surface area contributed by atoms with E-state index in [1.165, 1.54) is 18.2 Å². The number of hydrogen-bond acceptors (Lipinski definition) is 3. The van der Waals surface area contributed by atoms with Crippen LogP contribution in [0.15, 0.2) is 30.5 Å². The van der Waals surface area contributed by atoms with Gasteiger partial charge < -0.3 is 10.4 Å². The maximum atomic E-state index is 13.1.